The minimum absolute atomic E-state index is 0.166. The van der Waals surface area contributed by atoms with Crippen molar-refractivity contribution >= 4 is 40.1 Å². The first-order chi connectivity index (χ1) is 14.0. The molecule has 1 fully saturated rings. The fourth-order valence-corrected chi connectivity index (χ4v) is 3.87. The molecule has 0 bridgehead atoms. The van der Waals surface area contributed by atoms with Crippen molar-refractivity contribution in [2.24, 2.45) is 0 Å². The van der Waals surface area contributed by atoms with E-state index in [4.69, 9.17) is 16.3 Å². The Bertz CT molecular complexity index is 1190. The molecule has 1 aliphatic carbocycles. The van der Waals surface area contributed by atoms with Crippen LogP contribution in [-0.4, -0.2) is 22.1 Å². The van der Waals surface area contributed by atoms with Crippen LogP contribution in [0.5, 0.6) is 0 Å². The minimum Gasteiger partial charge on any atom is -0.444 e. The maximum atomic E-state index is 12.6. The molecule has 0 unspecified atom stereocenters. The van der Waals surface area contributed by atoms with E-state index >= 15 is 0 Å². The molecular weight excluding hydrogens is 392 g/mol. The lowest BCUT2D eigenvalue weighted by Crippen LogP contribution is -2.37. The lowest BCUT2D eigenvalue weighted by atomic mass is 10.1. The quantitative estimate of drug-likeness (QED) is 0.666. The maximum Gasteiger partial charge on any atom is 0.414 e. The van der Waals surface area contributed by atoms with E-state index in [1.807, 2.05) is 25.1 Å². The van der Waals surface area contributed by atoms with Gasteiger partial charge in [-0.1, -0.05) is 11.6 Å². The summed E-state index contributed by atoms with van der Waals surface area (Å²) in [5.74, 6) is 0.599. The number of anilines is 2. The Hall–Kier alpha value is -3.06. The number of nitrogens with one attached hydrogen (secondary N) is 2. The number of aromatic amines is 1. The van der Waals surface area contributed by atoms with Crippen LogP contribution in [0.2, 0.25) is 5.02 Å². The highest BCUT2D eigenvalue weighted by Crippen LogP contribution is 2.38. The first-order valence-electron chi connectivity index (χ1n) is 9.53. The summed E-state index contributed by atoms with van der Waals surface area (Å²) in [6.45, 7) is 2.13. The van der Waals surface area contributed by atoms with Crippen molar-refractivity contribution < 1.29 is 9.53 Å². The summed E-state index contributed by atoms with van der Waals surface area (Å²) in [7, 11) is 0. The third-order valence-corrected chi connectivity index (χ3v) is 5.58. The summed E-state index contributed by atoms with van der Waals surface area (Å²) in [6, 6.07) is 8.95. The SMILES string of the molecule is C[C@H](Nc1cc2c(cn1)COC(=O)N2C1CC1)c1cc2cc(Cl)ccc2[nH]c1=O. The van der Waals surface area contributed by atoms with E-state index in [-0.39, 0.29) is 30.3 Å². The van der Waals surface area contributed by atoms with Crippen LogP contribution in [0, 0.1) is 0 Å². The van der Waals surface area contributed by atoms with Crippen molar-refractivity contribution in [1.82, 2.24) is 9.97 Å². The largest absolute Gasteiger partial charge is 0.444 e. The van der Waals surface area contributed by atoms with Crippen molar-refractivity contribution in [3.63, 3.8) is 0 Å². The van der Waals surface area contributed by atoms with E-state index in [1.54, 1.807) is 23.2 Å². The Morgan fingerprint density at radius 3 is 2.90 bits per heavy atom. The monoisotopic (exact) mass is 410 g/mol. The summed E-state index contributed by atoms with van der Waals surface area (Å²) < 4.78 is 5.25. The highest BCUT2D eigenvalue weighted by Gasteiger charge is 2.38. The number of H-pyrrole nitrogens is 1. The lowest BCUT2D eigenvalue weighted by Gasteiger charge is -2.29. The van der Waals surface area contributed by atoms with Crippen LogP contribution in [0.25, 0.3) is 10.9 Å². The topological polar surface area (TPSA) is 87.3 Å². The molecule has 1 atom stereocenters. The average molecular weight is 411 g/mol. The first kappa shape index (κ1) is 18.0. The molecule has 0 radical (unpaired) electrons. The second-order valence-electron chi connectivity index (χ2n) is 7.51. The summed E-state index contributed by atoms with van der Waals surface area (Å²) >= 11 is 6.08. The van der Waals surface area contributed by atoms with Gasteiger partial charge in [0, 0.05) is 45.4 Å². The zero-order chi connectivity index (χ0) is 20.1. The smallest absolute Gasteiger partial charge is 0.414 e. The molecule has 1 aliphatic heterocycles. The molecule has 3 aromatic rings. The van der Waals surface area contributed by atoms with Gasteiger partial charge in [0.05, 0.1) is 11.7 Å². The number of halogens is 1. The van der Waals surface area contributed by atoms with Gasteiger partial charge in [-0.3, -0.25) is 9.69 Å². The highest BCUT2D eigenvalue weighted by molar-refractivity contribution is 6.31. The number of pyridine rings is 2. The van der Waals surface area contributed by atoms with Crippen LogP contribution >= 0.6 is 11.6 Å². The van der Waals surface area contributed by atoms with E-state index in [2.05, 4.69) is 15.3 Å². The van der Waals surface area contributed by atoms with Gasteiger partial charge in [0.2, 0.25) is 0 Å². The first-order valence-corrected chi connectivity index (χ1v) is 9.91. The van der Waals surface area contributed by atoms with Gasteiger partial charge < -0.3 is 15.0 Å². The Kier molecular flexibility index (Phi) is 4.20. The van der Waals surface area contributed by atoms with Crippen molar-refractivity contribution in [2.45, 2.75) is 38.5 Å². The van der Waals surface area contributed by atoms with Gasteiger partial charge in [-0.05, 0) is 44.0 Å². The number of benzene rings is 1. The van der Waals surface area contributed by atoms with Gasteiger partial charge in [-0.25, -0.2) is 9.78 Å². The molecule has 29 heavy (non-hydrogen) atoms. The van der Waals surface area contributed by atoms with E-state index in [0.29, 0.717) is 16.4 Å². The molecule has 2 N–H and O–H groups in total. The number of fused-ring (bicyclic) bond motifs is 2. The molecule has 0 spiro atoms. The summed E-state index contributed by atoms with van der Waals surface area (Å²) in [6.07, 6.45) is 3.36. The van der Waals surface area contributed by atoms with Crippen LogP contribution in [0.15, 0.2) is 41.3 Å². The van der Waals surface area contributed by atoms with Crippen molar-refractivity contribution in [2.75, 3.05) is 10.2 Å². The number of ether oxygens (including phenoxy) is 1. The molecule has 5 rings (SSSR count). The second kappa shape index (κ2) is 6.77. The maximum absolute atomic E-state index is 12.6. The van der Waals surface area contributed by atoms with Crippen molar-refractivity contribution in [3.05, 3.63) is 63.0 Å². The van der Waals surface area contributed by atoms with E-state index in [9.17, 15) is 9.59 Å². The van der Waals surface area contributed by atoms with Gasteiger partial charge in [0.25, 0.3) is 5.56 Å². The fourth-order valence-electron chi connectivity index (χ4n) is 3.69. The van der Waals surface area contributed by atoms with Gasteiger partial charge in [0.15, 0.2) is 0 Å². The van der Waals surface area contributed by atoms with Crippen molar-refractivity contribution in [1.29, 1.82) is 0 Å². The third kappa shape index (κ3) is 3.31. The normalized spacial score (nSPS) is 17.0. The molecular formula is C21H19ClN4O3. The Morgan fingerprint density at radius 2 is 2.10 bits per heavy atom. The number of carbonyl (C=O) groups excluding carboxylic acids is 1. The van der Waals surface area contributed by atoms with Crippen LogP contribution in [-0.2, 0) is 11.3 Å². The predicted molar refractivity (Wildman–Crippen MR) is 112 cm³/mol. The number of cyclic esters (lactones) is 1. The number of amides is 1. The van der Waals surface area contributed by atoms with Crippen LogP contribution < -0.4 is 15.8 Å². The second-order valence-corrected chi connectivity index (χ2v) is 7.94. The van der Waals surface area contributed by atoms with E-state index in [1.165, 1.54) is 0 Å². The number of hydrogen-bond donors (Lipinski definition) is 2. The third-order valence-electron chi connectivity index (χ3n) is 5.35. The van der Waals surface area contributed by atoms with Crippen LogP contribution in [0.1, 0.15) is 36.9 Å². The van der Waals surface area contributed by atoms with Gasteiger partial charge in [-0.2, -0.15) is 0 Å². The van der Waals surface area contributed by atoms with Crippen LogP contribution in [0.4, 0.5) is 16.3 Å². The molecule has 148 valence electrons. The molecule has 2 aromatic heterocycles. The predicted octanol–water partition coefficient (Wildman–Crippen LogP) is 4.37. The van der Waals surface area contributed by atoms with E-state index < -0.39 is 0 Å². The number of nitrogens with zero attached hydrogens (tertiary/aromatic N) is 2. The Balaban J connectivity index is 1.46. The van der Waals surface area contributed by atoms with E-state index in [0.717, 1.165) is 35.0 Å². The number of hydrogen-bond acceptors (Lipinski definition) is 5. The zero-order valence-corrected chi connectivity index (χ0v) is 16.5. The van der Waals surface area contributed by atoms with Crippen LogP contribution in [0.3, 0.4) is 0 Å². The zero-order valence-electron chi connectivity index (χ0n) is 15.7. The molecule has 8 heteroatoms. The number of aromatic nitrogens is 2. The van der Waals surface area contributed by atoms with Gasteiger partial charge >= 0.3 is 6.09 Å². The lowest BCUT2D eigenvalue weighted by molar-refractivity contribution is 0.141. The standard InChI is InChI=1S/C21H19ClN4O3/c1-11(16-7-12-6-14(22)2-5-17(12)25-20(16)27)24-19-8-18-13(9-23-19)10-29-21(28)26(18)15-3-4-15/h2,5-9,11,15H,3-4,10H2,1H3,(H,23,24)(H,25,27)/t11-/m0/s1. The van der Waals surface area contributed by atoms with Gasteiger partial charge in [-0.15, -0.1) is 0 Å². The molecule has 1 saturated carbocycles. The van der Waals surface area contributed by atoms with Crippen molar-refractivity contribution in [3.8, 4) is 0 Å². The molecule has 3 heterocycles. The number of carbonyl (C=O) groups is 1. The Labute approximate surface area is 171 Å². The molecule has 7 nitrogen and oxygen atoms in total. The summed E-state index contributed by atoms with van der Waals surface area (Å²) in [5, 5.41) is 4.75. The molecule has 1 aromatic carbocycles. The summed E-state index contributed by atoms with van der Waals surface area (Å²) in [4.78, 5) is 33.8. The Morgan fingerprint density at radius 1 is 1.28 bits per heavy atom. The van der Waals surface area contributed by atoms with Gasteiger partial charge in [0.1, 0.15) is 12.4 Å². The fraction of sp³-hybridized carbons (Fsp3) is 0.286. The average Bonchev–Trinajstić information content (AvgIpc) is 3.52. The summed E-state index contributed by atoms with van der Waals surface area (Å²) in [5.41, 5.74) is 2.86. The molecule has 2 aliphatic rings. The molecule has 1 amide bonds. The highest BCUT2D eigenvalue weighted by atomic mass is 35.5. The minimum atomic E-state index is -0.312. The number of rotatable bonds is 4. The molecule has 0 saturated heterocycles.